The van der Waals surface area contributed by atoms with Crippen LogP contribution in [0.5, 0.6) is 5.75 Å². The highest BCUT2D eigenvalue weighted by Crippen LogP contribution is 2.36. The lowest BCUT2D eigenvalue weighted by molar-refractivity contribution is -0.118. The molecule has 11 nitrogen and oxygen atoms in total. The maximum atomic E-state index is 13.3. The third-order valence-electron chi connectivity index (χ3n) is 7.83. The number of sulfonamides is 1. The van der Waals surface area contributed by atoms with Crippen LogP contribution in [0.15, 0.2) is 78.0 Å². The van der Waals surface area contributed by atoms with E-state index in [0.717, 1.165) is 46.5 Å². The Kier molecular flexibility index (Phi) is 9.73. The van der Waals surface area contributed by atoms with Gasteiger partial charge in [0.15, 0.2) is 0 Å². The number of aromatic nitrogens is 2. The average Bonchev–Trinajstić information content (AvgIpc) is 3.47. The van der Waals surface area contributed by atoms with E-state index >= 15 is 0 Å². The van der Waals surface area contributed by atoms with Crippen molar-refractivity contribution in [3.8, 4) is 16.9 Å². The summed E-state index contributed by atoms with van der Waals surface area (Å²) in [7, 11) is -8.66. The molecule has 2 heterocycles. The molecule has 0 fully saturated rings. The topological polar surface area (TPSA) is 148 Å². The predicted molar refractivity (Wildman–Crippen MR) is 171 cm³/mol. The normalized spacial score (nSPS) is 13.4. The van der Waals surface area contributed by atoms with E-state index in [1.807, 2.05) is 66.1 Å². The van der Waals surface area contributed by atoms with Crippen LogP contribution in [-0.4, -0.2) is 56.1 Å². The fourth-order valence-electron chi connectivity index (χ4n) is 5.40. The summed E-state index contributed by atoms with van der Waals surface area (Å²) in [4.78, 5) is 15.0. The second kappa shape index (κ2) is 13.5. The van der Waals surface area contributed by atoms with Gasteiger partial charge in [-0.25, -0.2) is 8.42 Å². The Morgan fingerprint density at radius 2 is 1.82 bits per heavy atom. The molecule has 3 aromatic carbocycles. The number of benzene rings is 3. The molecule has 45 heavy (non-hydrogen) atoms. The van der Waals surface area contributed by atoms with Gasteiger partial charge < -0.3 is 9.64 Å². The van der Waals surface area contributed by atoms with Crippen LogP contribution in [-0.2, 0) is 37.9 Å². The molecule has 0 aliphatic carbocycles. The van der Waals surface area contributed by atoms with E-state index in [2.05, 4.69) is 5.10 Å². The van der Waals surface area contributed by atoms with Gasteiger partial charge in [0.2, 0.25) is 15.9 Å². The van der Waals surface area contributed by atoms with Crippen LogP contribution in [0.3, 0.4) is 0 Å². The Morgan fingerprint density at radius 3 is 2.62 bits per heavy atom. The maximum Gasteiger partial charge on any atom is 0.279 e. The molecule has 0 bridgehead atoms. The minimum absolute atomic E-state index is 0.0641. The number of hydrogen-bond donors (Lipinski definition) is 2. The van der Waals surface area contributed by atoms with Crippen molar-refractivity contribution in [2.24, 2.45) is 0 Å². The van der Waals surface area contributed by atoms with Crippen LogP contribution in [0.4, 0.5) is 5.69 Å². The molecule has 1 amide bonds. The van der Waals surface area contributed by atoms with Crippen LogP contribution < -0.4 is 14.4 Å². The van der Waals surface area contributed by atoms with Gasteiger partial charge in [-0.15, -0.1) is 0 Å². The lowest BCUT2D eigenvalue weighted by Crippen LogP contribution is -2.35. The zero-order valence-corrected chi connectivity index (χ0v) is 26.8. The number of fused-ring (bicyclic) bond motifs is 1. The largest absolute Gasteiger partial charge is 0.493 e. The predicted octanol–water partition coefficient (Wildman–Crippen LogP) is 4.48. The van der Waals surface area contributed by atoms with Crippen LogP contribution in [0, 0.1) is 13.8 Å². The van der Waals surface area contributed by atoms with Crippen molar-refractivity contribution in [3.63, 3.8) is 0 Å². The number of ether oxygens (including phenoxy) is 1. The van der Waals surface area contributed by atoms with Crippen molar-refractivity contribution >= 4 is 31.7 Å². The number of rotatable bonds is 12. The second-order valence-electron chi connectivity index (χ2n) is 11.1. The second-order valence-corrected chi connectivity index (χ2v) is 14.3. The highest BCUT2D eigenvalue weighted by atomic mass is 32.2. The minimum atomic E-state index is -4.51. The monoisotopic (exact) mass is 652 g/mol. The number of hydrogen-bond acceptors (Lipinski definition) is 7. The van der Waals surface area contributed by atoms with Gasteiger partial charge in [-0.1, -0.05) is 36.4 Å². The SMILES string of the molecule is Cc1cccc(OCCCC(=O)N2CCCc3c(-c4cnn(Cc5cccc(S(=O)(=O)NCS(=O)(=O)O)c5)c4)cccc32)c1C. The van der Waals surface area contributed by atoms with Crippen molar-refractivity contribution in [3.05, 3.63) is 95.3 Å². The Morgan fingerprint density at radius 1 is 1.04 bits per heavy atom. The van der Waals surface area contributed by atoms with Gasteiger partial charge in [0.1, 0.15) is 11.6 Å². The number of amides is 1. The average molecular weight is 653 g/mol. The molecule has 5 rings (SSSR count). The number of carbonyl (C=O) groups is 1. The van der Waals surface area contributed by atoms with E-state index in [0.29, 0.717) is 31.6 Å². The van der Waals surface area contributed by atoms with Crippen molar-refractivity contribution in [2.75, 3.05) is 23.9 Å². The molecule has 0 atom stereocenters. The first-order valence-electron chi connectivity index (χ1n) is 14.6. The highest BCUT2D eigenvalue weighted by Gasteiger charge is 2.25. The van der Waals surface area contributed by atoms with E-state index in [4.69, 9.17) is 9.29 Å². The standard InChI is InChI=1S/C32H36N4O7S2/c1-23-8-3-14-31(24(23)2)43-17-7-15-32(37)36-16-6-12-29-28(11-5-13-30(29)36)26-19-33-35(21-26)20-25-9-4-10-27(18-25)45(41,42)34-22-44(38,39)40/h3-5,8-11,13-14,18-19,21,34H,6-7,12,15-17,20,22H2,1-2H3,(H,38,39,40). The van der Waals surface area contributed by atoms with Crippen LogP contribution >= 0.6 is 0 Å². The van der Waals surface area contributed by atoms with E-state index < -0.39 is 26.0 Å². The summed E-state index contributed by atoms with van der Waals surface area (Å²) in [5.41, 5.74) is 6.76. The van der Waals surface area contributed by atoms with Gasteiger partial charge in [-0.2, -0.15) is 18.2 Å². The molecular formula is C32H36N4O7S2. The van der Waals surface area contributed by atoms with E-state index in [9.17, 15) is 21.6 Å². The summed E-state index contributed by atoms with van der Waals surface area (Å²) in [5, 5.41) is 4.48. The van der Waals surface area contributed by atoms with Gasteiger partial charge in [-0.3, -0.25) is 14.0 Å². The molecule has 0 unspecified atom stereocenters. The van der Waals surface area contributed by atoms with Crippen LogP contribution in [0.2, 0.25) is 0 Å². The van der Waals surface area contributed by atoms with Crippen molar-refractivity contribution in [2.45, 2.75) is 51.0 Å². The van der Waals surface area contributed by atoms with Crippen molar-refractivity contribution < 1.29 is 30.9 Å². The van der Waals surface area contributed by atoms with Crippen molar-refractivity contribution in [1.29, 1.82) is 0 Å². The number of nitrogens with one attached hydrogen (secondary N) is 1. The fourth-order valence-corrected chi connectivity index (χ4v) is 7.34. The summed E-state index contributed by atoms with van der Waals surface area (Å²) in [6.07, 6.45) is 6.28. The molecular weight excluding hydrogens is 617 g/mol. The highest BCUT2D eigenvalue weighted by molar-refractivity contribution is 7.91. The molecule has 0 spiro atoms. The Hall–Kier alpha value is -4.04. The molecule has 1 aliphatic heterocycles. The number of carbonyl (C=O) groups excluding carboxylic acids is 1. The molecule has 0 radical (unpaired) electrons. The number of nitrogens with zero attached hydrogens (tertiary/aromatic N) is 3. The lowest BCUT2D eigenvalue weighted by Gasteiger charge is -2.31. The molecule has 13 heteroatoms. The van der Waals surface area contributed by atoms with E-state index in [-0.39, 0.29) is 17.3 Å². The quantitative estimate of drug-likeness (QED) is 0.168. The van der Waals surface area contributed by atoms with Gasteiger partial charge in [0.25, 0.3) is 10.1 Å². The summed E-state index contributed by atoms with van der Waals surface area (Å²) in [6.45, 7) is 5.47. The van der Waals surface area contributed by atoms with E-state index in [1.165, 1.54) is 17.7 Å². The fraction of sp³-hybridized carbons (Fsp3) is 0.312. The van der Waals surface area contributed by atoms with Gasteiger partial charge >= 0.3 is 0 Å². The molecule has 238 valence electrons. The Bertz CT molecular complexity index is 1920. The van der Waals surface area contributed by atoms with Crippen LogP contribution in [0.1, 0.15) is 41.5 Å². The first-order valence-corrected chi connectivity index (χ1v) is 17.7. The number of aryl methyl sites for hydroxylation is 1. The minimum Gasteiger partial charge on any atom is -0.493 e. The Labute approximate surface area is 263 Å². The van der Waals surface area contributed by atoms with E-state index in [1.54, 1.807) is 23.0 Å². The zero-order valence-electron chi connectivity index (χ0n) is 25.1. The summed E-state index contributed by atoms with van der Waals surface area (Å²) in [6, 6.07) is 18.0. The van der Waals surface area contributed by atoms with Crippen molar-refractivity contribution in [1.82, 2.24) is 14.5 Å². The first-order chi connectivity index (χ1) is 21.4. The molecule has 0 saturated heterocycles. The summed E-state index contributed by atoms with van der Waals surface area (Å²) in [5.74, 6) is -0.204. The summed E-state index contributed by atoms with van der Waals surface area (Å²) < 4.78 is 65.4. The molecule has 1 aromatic heterocycles. The molecule has 1 aliphatic rings. The molecule has 4 aromatic rings. The van der Waals surface area contributed by atoms with Gasteiger partial charge in [0.05, 0.1) is 24.2 Å². The Balaban J connectivity index is 1.25. The number of anilines is 1. The summed E-state index contributed by atoms with van der Waals surface area (Å²) >= 11 is 0. The maximum absolute atomic E-state index is 13.3. The first kappa shape index (κ1) is 32.4. The zero-order chi connectivity index (χ0) is 32.2. The lowest BCUT2D eigenvalue weighted by atomic mass is 9.93. The smallest absolute Gasteiger partial charge is 0.279 e. The van der Waals surface area contributed by atoms with Gasteiger partial charge in [0, 0.05) is 30.4 Å². The third-order valence-corrected chi connectivity index (χ3v) is 9.92. The molecule has 0 saturated carbocycles. The van der Waals surface area contributed by atoms with Crippen LogP contribution in [0.25, 0.3) is 11.1 Å². The third kappa shape index (κ3) is 7.98. The molecule has 2 N–H and O–H groups in total. The van der Waals surface area contributed by atoms with Gasteiger partial charge in [-0.05, 0) is 85.2 Å².